The molecule has 0 aromatic heterocycles. The highest BCUT2D eigenvalue weighted by Crippen LogP contribution is 2.14. The number of esters is 1. The summed E-state index contributed by atoms with van der Waals surface area (Å²) in [6.45, 7) is 4.80. The first-order valence-corrected chi connectivity index (χ1v) is 21.0. The quantitative estimate of drug-likeness (QED) is 0.0343. The molecule has 0 saturated carbocycles. The van der Waals surface area contributed by atoms with E-state index in [1.165, 1.54) is 135 Å². The van der Waals surface area contributed by atoms with E-state index in [1.807, 2.05) is 6.08 Å². The second-order valence-electron chi connectivity index (χ2n) is 14.3. The Morgan fingerprint density at radius 2 is 0.958 bits per heavy atom. The van der Waals surface area contributed by atoms with Crippen molar-refractivity contribution < 1.29 is 24.5 Å². The maximum Gasteiger partial charge on any atom is 0.305 e. The zero-order valence-corrected chi connectivity index (χ0v) is 32.0. The van der Waals surface area contributed by atoms with Crippen molar-refractivity contribution in [3.63, 3.8) is 0 Å². The Hall–Kier alpha value is -1.40. The fraction of sp³-hybridized carbons (Fsp3) is 0.905. The minimum atomic E-state index is -0.858. The monoisotopic (exact) mass is 680 g/mol. The number of carbonyl (C=O) groups is 2. The highest BCUT2D eigenvalue weighted by Gasteiger charge is 2.18. The molecule has 0 aromatic rings. The number of aliphatic hydroxyl groups excluding tert-OH is 2. The molecule has 1 amide bonds. The van der Waals surface area contributed by atoms with Crippen molar-refractivity contribution in [2.24, 2.45) is 0 Å². The molecule has 0 aliphatic heterocycles. The topological polar surface area (TPSA) is 95.9 Å². The number of ether oxygens (including phenoxy) is 1. The van der Waals surface area contributed by atoms with Crippen molar-refractivity contribution in [2.75, 3.05) is 13.2 Å². The third-order valence-corrected chi connectivity index (χ3v) is 9.56. The van der Waals surface area contributed by atoms with Gasteiger partial charge in [-0.25, -0.2) is 0 Å². The molecule has 0 spiro atoms. The van der Waals surface area contributed by atoms with Crippen molar-refractivity contribution in [2.45, 2.75) is 231 Å². The lowest BCUT2D eigenvalue weighted by atomic mass is 10.1. The summed E-state index contributed by atoms with van der Waals surface area (Å²) >= 11 is 0. The van der Waals surface area contributed by atoms with E-state index < -0.39 is 12.1 Å². The van der Waals surface area contributed by atoms with Crippen molar-refractivity contribution in [1.29, 1.82) is 0 Å². The predicted molar refractivity (Wildman–Crippen MR) is 204 cm³/mol. The van der Waals surface area contributed by atoms with Gasteiger partial charge in [0.15, 0.2) is 0 Å². The number of hydrogen-bond donors (Lipinski definition) is 3. The van der Waals surface area contributed by atoms with Gasteiger partial charge in [0, 0.05) is 12.8 Å². The van der Waals surface area contributed by atoms with E-state index in [4.69, 9.17) is 4.74 Å². The summed E-state index contributed by atoms with van der Waals surface area (Å²) in [6.07, 6.45) is 40.4. The van der Waals surface area contributed by atoms with Crippen LogP contribution in [0.3, 0.4) is 0 Å². The average molecular weight is 680 g/mol. The van der Waals surface area contributed by atoms with E-state index in [-0.39, 0.29) is 18.5 Å². The lowest BCUT2D eigenvalue weighted by Crippen LogP contribution is -2.45. The van der Waals surface area contributed by atoms with Crippen LogP contribution in [-0.4, -0.2) is 47.4 Å². The second-order valence-corrected chi connectivity index (χ2v) is 14.3. The van der Waals surface area contributed by atoms with Crippen LogP contribution in [0.2, 0.25) is 0 Å². The minimum Gasteiger partial charge on any atom is -0.466 e. The molecule has 0 aromatic carbocycles. The van der Waals surface area contributed by atoms with Crippen LogP contribution in [0.25, 0.3) is 0 Å². The van der Waals surface area contributed by atoms with Gasteiger partial charge in [-0.05, 0) is 32.1 Å². The first-order chi connectivity index (χ1) is 23.5. The molecule has 2 unspecified atom stereocenters. The van der Waals surface area contributed by atoms with Crippen LogP contribution < -0.4 is 5.32 Å². The highest BCUT2D eigenvalue weighted by atomic mass is 16.5. The SMILES string of the molecule is CCCCCCCCCCC/C=C/C(O)C(CO)NC(=O)CCCCCCCCCCCOC(=O)CCCCCCCCCCCCC. The van der Waals surface area contributed by atoms with Gasteiger partial charge in [0.25, 0.3) is 0 Å². The highest BCUT2D eigenvalue weighted by molar-refractivity contribution is 5.76. The van der Waals surface area contributed by atoms with Crippen LogP contribution in [0.4, 0.5) is 0 Å². The van der Waals surface area contributed by atoms with Crippen LogP contribution in [-0.2, 0) is 14.3 Å². The summed E-state index contributed by atoms with van der Waals surface area (Å²) in [5, 5.41) is 22.9. The molecule has 0 aliphatic carbocycles. The van der Waals surface area contributed by atoms with Gasteiger partial charge < -0.3 is 20.3 Å². The molecule has 6 nitrogen and oxygen atoms in total. The van der Waals surface area contributed by atoms with Crippen LogP contribution in [0.1, 0.15) is 219 Å². The molecule has 6 heteroatoms. The minimum absolute atomic E-state index is 0.0286. The van der Waals surface area contributed by atoms with Crippen LogP contribution >= 0.6 is 0 Å². The van der Waals surface area contributed by atoms with Gasteiger partial charge >= 0.3 is 5.97 Å². The van der Waals surface area contributed by atoms with Crippen LogP contribution in [0.15, 0.2) is 12.2 Å². The Labute approximate surface area is 298 Å². The predicted octanol–water partition coefficient (Wildman–Crippen LogP) is 11.4. The Balaban J connectivity index is 3.54. The number of rotatable bonds is 38. The van der Waals surface area contributed by atoms with E-state index in [2.05, 4.69) is 19.2 Å². The molecule has 0 bridgehead atoms. The van der Waals surface area contributed by atoms with Crippen molar-refractivity contribution in [3.8, 4) is 0 Å². The number of allylic oxidation sites excluding steroid dienone is 1. The maximum absolute atomic E-state index is 12.3. The normalized spacial score (nSPS) is 12.8. The van der Waals surface area contributed by atoms with Gasteiger partial charge in [-0.2, -0.15) is 0 Å². The number of unbranched alkanes of at least 4 members (excludes halogenated alkanes) is 27. The maximum atomic E-state index is 12.3. The van der Waals surface area contributed by atoms with Gasteiger partial charge in [0.05, 0.1) is 25.4 Å². The molecule has 0 fully saturated rings. The zero-order valence-electron chi connectivity index (χ0n) is 32.0. The molecule has 2 atom stereocenters. The average Bonchev–Trinajstić information content (AvgIpc) is 3.08. The van der Waals surface area contributed by atoms with E-state index in [9.17, 15) is 19.8 Å². The van der Waals surface area contributed by atoms with Crippen molar-refractivity contribution in [3.05, 3.63) is 12.2 Å². The Morgan fingerprint density at radius 1 is 0.562 bits per heavy atom. The lowest BCUT2D eigenvalue weighted by molar-refractivity contribution is -0.143. The third kappa shape index (κ3) is 34.5. The van der Waals surface area contributed by atoms with Crippen molar-refractivity contribution in [1.82, 2.24) is 5.32 Å². The smallest absolute Gasteiger partial charge is 0.305 e. The van der Waals surface area contributed by atoms with Gasteiger partial charge in [-0.3, -0.25) is 9.59 Å². The molecule has 0 rings (SSSR count). The van der Waals surface area contributed by atoms with Gasteiger partial charge in [0.2, 0.25) is 5.91 Å². The number of hydrogen-bond acceptors (Lipinski definition) is 5. The Morgan fingerprint density at radius 3 is 1.42 bits per heavy atom. The van der Waals surface area contributed by atoms with Gasteiger partial charge in [-0.1, -0.05) is 187 Å². The molecule has 0 saturated heterocycles. The second kappa shape index (κ2) is 38.4. The first-order valence-electron chi connectivity index (χ1n) is 21.0. The first kappa shape index (κ1) is 46.6. The molecule has 48 heavy (non-hydrogen) atoms. The van der Waals surface area contributed by atoms with E-state index in [1.54, 1.807) is 6.08 Å². The molecule has 3 N–H and O–H groups in total. The number of amides is 1. The third-order valence-electron chi connectivity index (χ3n) is 9.56. The lowest BCUT2D eigenvalue weighted by Gasteiger charge is -2.20. The summed E-state index contributed by atoms with van der Waals surface area (Å²) in [5.41, 5.74) is 0. The van der Waals surface area contributed by atoms with E-state index >= 15 is 0 Å². The summed E-state index contributed by atoms with van der Waals surface area (Å²) in [6, 6.07) is -0.644. The number of nitrogens with one attached hydrogen (secondary N) is 1. The van der Waals surface area contributed by atoms with Gasteiger partial charge in [0.1, 0.15) is 0 Å². The zero-order chi connectivity index (χ0) is 35.2. The Kier molecular flexibility index (Phi) is 37.3. The van der Waals surface area contributed by atoms with E-state index in [0.29, 0.717) is 19.4 Å². The molecule has 0 heterocycles. The standard InChI is InChI=1S/C42H81NO5/c1-3-5-7-9-11-13-15-18-22-26-30-34-40(45)39(38-44)43-41(46)35-31-27-23-19-17-21-25-29-33-37-48-42(47)36-32-28-24-20-16-14-12-10-8-6-4-2/h30,34,39-40,44-45H,3-29,31-33,35-38H2,1-2H3,(H,43,46)/b34-30+. The molecule has 0 radical (unpaired) electrons. The van der Waals surface area contributed by atoms with Crippen LogP contribution in [0.5, 0.6) is 0 Å². The fourth-order valence-corrected chi connectivity index (χ4v) is 6.28. The van der Waals surface area contributed by atoms with E-state index in [0.717, 1.165) is 57.8 Å². The summed E-state index contributed by atoms with van der Waals surface area (Å²) in [7, 11) is 0. The molecular weight excluding hydrogens is 598 g/mol. The largest absolute Gasteiger partial charge is 0.466 e. The molecule has 284 valence electrons. The number of aliphatic hydroxyl groups is 2. The summed E-state index contributed by atoms with van der Waals surface area (Å²) in [4.78, 5) is 24.3. The summed E-state index contributed by atoms with van der Waals surface area (Å²) in [5.74, 6) is -0.126. The van der Waals surface area contributed by atoms with Crippen LogP contribution in [0, 0.1) is 0 Å². The number of carbonyl (C=O) groups excluding carboxylic acids is 2. The molecular formula is C42H81NO5. The van der Waals surface area contributed by atoms with Crippen molar-refractivity contribution >= 4 is 11.9 Å². The fourth-order valence-electron chi connectivity index (χ4n) is 6.28. The van der Waals surface area contributed by atoms with Gasteiger partial charge in [-0.15, -0.1) is 0 Å². The Bertz CT molecular complexity index is 712. The summed E-state index contributed by atoms with van der Waals surface area (Å²) < 4.78 is 5.41. The molecule has 0 aliphatic rings.